The molecule has 0 aliphatic heterocycles. The van der Waals surface area contributed by atoms with Crippen molar-refractivity contribution in [3.63, 3.8) is 0 Å². The second-order valence-corrected chi connectivity index (χ2v) is 9.00. The highest BCUT2D eigenvalue weighted by Crippen LogP contribution is 2.24. The van der Waals surface area contributed by atoms with Crippen molar-refractivity contribution >= 4 is 15.9 Å². The van der Waals surface area contributed by atoms with Gasteiger partial charge in [0.1, 0.15) is 5.75 Å². The molecule has 0 saturated carbocycles. The second kappa shape index (κ2) is 8.10. The number of amides is 1. The van der Waals surface area contributed by atoms with Gasteiger partial charge < -0.3 is 10.1 Å². The molecule has 0 spiro atoms. The Morgan fingerprint density at radius 2 is 1.63 bits per heavy atom. The zero-order chi connectivity index (χ0) is 20.2. The molecule has 0 aromatic heterocycles. The molecule has 0 bridgehead atoms. The minimum absolute atomic E-state index is 0.0352. The van der Waals surface area contributed by atoms with Crippen LogP contribution in [-0.4, -0.2) is 20.4 Å². The normalized spacial score (nSPS) is 13.1. The lowest BCUT2D eigenvalue weighted by molar-refractivity contribution is -0.127. The zero-order valence-electron chi connectivity index (χ0n) is 16.0. The first-order chi connectivity index (χ1) is 12.5. The second-order valence-electron chi connectivity index (χ2n) is 7.44. The molecule has 0 unspecified atom stereocenters. The van der Waals surface area contributed by atoms with Crippen molar-refractivity contribution in [2.75, 3.05) is 0 Å². The molecule has 0 fully saturated rings. The summed E-state index contributed by atoms with van der Waals surface area (Å²) in [5, 5.41) is 7.83. The molecule has 3 N–H and O–H groups in total. The van der Waals surface area contributed by atoms with Crippen LogP contribution in [0.1, 0.15) is 38.8 Å². The summed E-state index contributed by atoms with van der Waals surface area (Å²) in [6.07, 6.45) is -0.658. The summed E-state index contributed by atoms with van der Waals surface area (Å²) >= 11 is 0. The highest BCUT2D eigenvalue weighted by atomic mass is 32.2. The van der Waals surface area contributed by atoms with Crippen molar-refractivity contribution in [3.8, 4) is 5.75 Å². The van der Waals surface area contributed by atoms with Crippen LogP contribution in [0.2, 0.25) is 0 Å². The number of nitrogens with one attached hydrogen (secondary N) is 1. The molecule has 27 heavy (non-hydrogen) atoms. The van der Waals surface area contributed by atoms with Crippen LogP contribution in [0.5, 0.6) is 5.75 Å². The minimum atomic E-state index is -3.72. The first-order valence-corrected chi connectivity index (χ1v) is 10.2. The van der Waals surface area contributed by atoms with Crippen LogP contribution in [0.3, 0.4) is 0 Å². The van der Waals surface area contributed by atoms with Gasteiger partial charge in [0.25, 0.3) is 5.91 Å². The number of carbonyl (C=O) groups excluding carboxylic acids is 1. The molecule has 6 nitrogen and oxygen atoms in total. The van der Waals surface area contributed by atoms with Gasteiger partial charge >= 0.3 is 0 Å². The van der Waals surface area contributed by atoms with Crippen molar-refractivity contribution in [2.24, 2.45) is 5.14 Å². The van der Waals surface area contributed by atoms with Crippen molar-refractivity contribution < 1.29 is 17.9 Å². The number of benzene rings is 2. The Morgan fingerprint density at radius 3 is 2.11 bits per heavy atom. The lowest BCUT2D eigenvalue weighted by Gasteiger charge is -2.20. The molecule has 0 radical (unpaired) electrons. The lowest BCUT2D eigenvalue weighted by atomic mass is 9.87. The molecular formula is C20H26N2O4S. The van der Waals surface area contributed by atoms with Gasteiger partial charge in [-0.3, -0.25) is 4.79 Å². The third-order valence-electron chi connectivity index (χ3n) is 4.12. The number of nitrogens with two attached hydrogens (primary N) is 1. The Labute approximate surface area is 160 Å². The first kappa shape index (κ1) is 20.9. The molecule has 0 aliphatic rings. The van der Waals surface area contributed by atoms with E-state index in [0.717, 1.165) is 5.56 Å². The van der Waals surface area contributed by atoms with Gasteiger partial charge in [0.05, 0.1) is 4.90 Å². The van der Waals surface area contributed by atoms with Gasteiger partial charge in [-0.2, -0.15) is 0 Å². The number of ether oxygens (including phenoxy) is 1. The number of carbonyl (C=O) groups is 1. The van der Waals surface area contributed by atoms with Crippen LogP contribution < -0.4 is 15.2 Å². The van der Waals surface area contributed by atoms with E-state index in [2.05, 4.69) is 26.1 Å². The molecule has 0 aliphatic carbocycles. The highest BCUT2D eigenvalue weighted by Gasteiger charge is 2.16. The Balaban J connectivity index is 1.90. The average molecular weight is 391 g/mol. The van der Waals surface area contributed by atoms with Crippen LogP contribution in [0.25, 0.3) is 0 Å². The van der Waals surface area contributed by atoms with Gasteiger partial charge in [0.15, 0.2) is 6.10 Å². The van der Waals surface area contributed by atoms with Crippen LogP contribution in [0.4, 0.5) is 0 Å². The van der Waals surface area contributed by atoms with Crippen LogP contribution in [0.15, 0.2) is 53.4 Å². The van der Waals surface area contributed by atoms with E-state index in [1.807, 2.05) is 24.3 Å². The average Bonchev–Trinajstić information content (AvgIpc) is 2.59. The summed E-state index contributed by atoms with van der Waals surface area (Å²) in [7, 11) is -3.72. The highest BCUT2D eigenvalue weighted by molar-refractivity contribution is 7.89. The van der Waals surface area contributed by atoms with E-state index >= 15 is 0 Å². The Hall–Kier alpha value is -2.38. The minimum Gasteiger partial charge on any atom is -0.481 e. The fourth-order valence-corrected chi connectivity index (χ4v) is 2.94. The summed E-state index contributed by atoms with van der Waals surface area (Å²) in [6, 6.07) is 13.7. The van der Waals surface area contributed by atoms with Gasteiger partial charge in [0, 0.05) is 6.54 Å². The smallest absolute Gasteiger partial charge is 0.261 e. The third kappa shape index (κ3) is 6.08. The standard InChI is InChI=1S/C20H26N2O4S/c1-14(26-17-9-7-16(8-10-17)20(2,3)4)19(23)22-13-15-5-11-18(12-6-15)27(21,24)25/h5-12,14H,13H2,1-4H3,(H,22,23)(H2,21,24,25)/t14-/m0/s1. The molecule has 146 valence electrons. The summed E-state index contributed by atoms with van der Waals surface area (Å²) in [5.41, 5.74) is 2.01. The zero-order valence-corrected chi connectivity index (χ0v) is 16.8. The maximum atomic E-state index is 12.2. The maximum Gasteiger partial charge on any atom is 0.261 e. The maximum absolute atomic E-state index is 12.2. The third-order valence-corrected chi connectivity index (χ3v) is 5.05. The fourth-order valence-electron chi connectivity index (χ4n) is 2.42. The predicted molar refractivity (Wildman–Crippen MR) is 105 cm³/mol. The van der Waals surface area contributed by atoms with E-state index in [9.17, 15) is 13.2 Å². The van der Waals surface area contributed by atoms with Crippen LogP contribution in [-0.2, 0) is 26.8 Å². The van der Waals surface area contributed by atoms with E-state index in [1.54, 1.807) is 19.1 Å². The first-order valence-electron chi connectivity index (χ1n) is 8.63. The monoisotopic (exact) mass is 390 g/mol. The van der Waals surface area contributed by atoms with Crippen molar-refractivity contribution in [3.05, 3.63) is 59.7 Å². The summed E-state index contributed by atoms with van der Waals surface area (Å²) in [6.45, 7) is 8.34. The van der Waals surface area contributed by atoms with Gasteiger partial charge in [-0.15, -0.1) is 0 Å². The van der Waals surface area contributed by atoms with Crippen molar-refractivity contribution in [1.29, 1.82) is 0 Å². The largest absolute Gasteiger partial charge is 0.481 e. The van der Waals surface area contributed by atoms with E-state index in [1.165, 1.54) is 17.7 Å². The number of rotatable bonds is 6. The molecule has 2 aromatic carbocycles. The molecule has 2 aromatic rings. The Bertz CT molecular complexity index is 883. The van der Waals surface area contributed by atoms with Gasteiger partial charge in [-0.05, 0) is 47.7 Å². The van der Waals surface area contributed by atoms with Crippen LogP contribution >= 0.6 is 0 Å². The number of hydrogen-bond donors (Lipinski definition) is 2. The summed E-state index contributed by atoms with van der Waals surface area (Å²) in [4.78, 5) is 12.3. The topological polar surface area (TPSA) is 98.5 Å². The molecule has 1 amide bonds. The SMILES string of the molecule is C[C@H](Oc1ccc(C(C)(C)C)cc1)C(=O)NCc1ccc(S(N)(=O)=O)cc1. The van der Waals surface area contributed by atoms with Crippen LogP contribution in [0, 0.1) is 0 Å². The summed E-state index contributed by atoms with van der Waals surface area (Å²) < 4.78 is 28.2. The van der Waals surface area contributed by atoms with Gasteiger partial charge in [0.2, 0.25) is 10.0 Å². The van der Waals surface area contributed by atoms with Crippen molar-refractivity contribution in [1.82, 2.24) is 5.32 Å². The number of sulfonamides is 1. The molecule has 7 heteroatoms. The number of primary sulfonamides is 1. The quantitative estimate of drug-likeness (QED) is 0.792. The van der Waals surface area contributed by atoms with Gasteiger partial charge in [-0.25, -0.2) is 13.6 Å². The molecule has 1 atom stereocenters. The van der Waals surface area contributed by atoms with E-state index in [-0.39, 0.29) is 22.8 Å². The molecule has 2 rings (SSSR count). The van der Waals surface area contributed by atoms with E-state index in [0.29, 0.717) is 5.75 Å². The predicted octanol–water partition coefficient (Wildman–Crippen LogP) is 2.72. The Kier molecular flexibility index (Phi) is 6.28. The van der Waals surface area contributed by atoms with Crippen molar-refractivity contribution in [2.45, 2.75) is 50.7 Å². The molecule has 0 saturated heterocycles. The Morgan fingerprint density at radius 1 is 1.07 bits per heavy atom. The number of hydrogen-bond acceptors (Lipinski definition) is 4. The molecule has 0 heterocycles. The van der Waals surface area contributed by atoms with Gasteiger partial charge in [-0.1, -0.05) is 45.0 Å². The fraction of sp³-hybridized carbons (Fsp3) is 0.350. The van der Waals surface area contributed by atoms with E-state index in [4.69, 9.17) is 9.88 Å². The molecular weight excluding hydrogens is 364 g/mol. The van der Waals surface area contributed by atoms with E-state index < -0.39 is 16.1 Å². The lowest BCUT2D eigenvalue weighted by Crippen LogP contribution is -2.35. The summed E-state index contributed by atoms with van der Waals surface area (Å²) in [5.74, 6) is 0.369.